The van der Waals surface area contributed by atoms with Crippen LogP contribution in [0, 0.1) is 5.82 Å². The van der Waals surface area contributed by atoms with Gasteiger partial charge in [0.1, 0.15) is 5.82 Å². The largest absolute Gasteiger partial charge is 0.305 e. The molecule has 3 aromatic rings. The van der Waals surface area contributed by atoms with Gasteiger partial charge in [-0.15, -0.1) is 0 Å². The first-order valence-corrected chi connectivity index (χ1v) is 6.43. The third-order valence-electron chi connectivity index (χ3n) is 2.73. The summed E-state index contributed by atoms with van der Waals surface area (Å²) < 4.78 is 18.7. The van der Waals surface area contributed by atoms with Crippen LogP contribution >= 0.6 is 11.5 Å². The first-order chi connectivity index (χ1) is 9.25. The minimum absolute atomic E-state index is 0.0135. The number of hydrogen-bond donors (Lipinski definition) is 1. The van der Waals surface area contributed by atoms with Crippen LogP contribution in [0.4, 0.5) is 10.2 Å². The van der Waals surface area contributed by atoms with Crippen molar-refractivity contribution in [2.75, 3.05) is 5.32 Å². The van der Waals surface area contributed by atoms with Crippen LogP contribution in [0.25, 0.3) is 10.1 Å². The minimum Gasteiger partial charge on any atom is -0.305 e. The van der Waals surface area contributed by atoms with Crippen molar-refractivity contribution in [3.8, 4) is 0 Å². The van der Waals surface area contributed by atoms with Crippen LogP contribution in [0.5, 0.6) is 0 Å². The molecule has 1 amide bonds. The number of halogens is 1. The summed E-state index contributed by atoms with van der Waals surface area (Å²) in [5, 5.41) is 3.50. The van der Waals surface area contributed by atoms with E-state index < -0.39 is 11.7 Å². The number of carbonyl (C=O) groups is 1. The molecule has 0 spiro atoms. The number of rotatable bonds is 2. The van der Waals surface area contributed by atoms with Gasteiger partial charge < -0.3 is 5.32 Å². The summed E-state index contributed by atoms with van der Waals surface area (Å²) in [4.78, 5) is 12.0. The smallest absolute Gasteiger partial charge is 0.259 e. The highest BCUT2D eigenvalue weighted by Gasteiger charge is 2.13. The van der Waals surface area contributed by atoms with Crippen molar-refractivity contribution in [2.24, 2.45) is 0 Å². The maximum atomic E-state index is 13.5. The zero-order valence-electron chi connectivity index (χ0n) is 9.76. The van der Waals surface area contributed by atoms with Crippen LogP contribution in [0.2, 0.25) is 0 Å². The Kier molecular flexibility index (Phi) is 2.97. The average molecular weight is 272 g/mol. The van der Waals surface area contributed by atoms with Crippen LogP contribution in [-0.2, 0) is 0 Å². The van der Waals surface area contributed by atoms with E-state index >= 15 is 0 Å². The van der Waals surface area contributed by atoms with Gasteiger partial charge in [0, 0.05) is 5.39 Å². The van der Waals surface area contributed by atoms with E-state index in [4.69, 9.17) is 0 Å². The van der Waals surface area contributed by atoms with Gasteiger partial charge in [-0.1, -0.05) is 24.3 Å². The van der Waals surface area contributed by atoms with E-state index in [0.717, 1.165) is 10.1 Å². The van der Waals surface area contributed by atoms with Crippen molar-refractivity contribution in [3.05, 3.63) is 59.9 Å². The van der Waals surface area contributed by atoms with E-state index in [0.29, 0.717) is 5.82 Å². The first kappa shape index (κ1) is 11.8. The van der Waals surface area contributed by atoms with Crippen LogP contribution in [0.1, 0.15) is 10.4 Å². The van der Waals surface area contributed by atoms with E-state index in [1.807, 2.05) is 24.3 Å². The predicted octanol–water partition coefficient (Wildman–Crippen LogP) is 3.69. The molecule has 0 bridgehead atoms. The van der Waals surface area contributed by atoms with Gasteiger partial charge >= 0.3 is 0 Å². The summed E-state index contributed by atoms with van der Waals surface area (Å²) in [6.07, 6.45) is 0. The SMILES string of the molecule is O=C(Nc1nsc2ccccc12)c1ccccc1F. The van der Waals surface area contributed by atoms with Gasteiger partial charge in [0.2, 0.25) is 0 Å². The number of nitrogens with one attached hydrogen (secondary N) is 1. The molecule has 2 aromatic carbocycles. The summed E-state index contributed by atoms with van der Waals surface area (Å²) in [6.45, 7) is 0. The molecule has 0 aliphatic carbocycles. The van der Waals surface area contributed by atoms with E-state index in [-0.39, 0.29) is 5.56 Å². The molecule has 0 atom stereocenters. The first-order valence-electron chi connectivity index (χ1n) is 5.66. The molecular weight excluding hydrogens is 263 g/mol. The predicted molar refractivity (Wildman–Crippen MR) is 74.0 cm³/mol. The van der Waals surface area contributed by atoms with E-state index in [1.54, 1.807) is 12.1 Å². The van der Waals surface area contributed by atoms with Crippen molar-refractivity contribution in [3.63, 3.8) is 0 Å². The minimum atomic E-state index is -0.542. The Labute approximate surface area is 112 Å². The van der Waals surface area contributed by atoms with Crippen molar-refractivity contribution < 1.29 is 9.18 Å². The number of nitrogens with zero attached hydrogens (tertiary/aromatic N) is 1. The molecule has 0 aliphatic heterocycles. The van der Waals surface area contributed by atoms with Crippen LogP contribution in [-0.4, -0.2) is 10.3 Å². The number of hydrogen-bond acceptors (Lipinski definition) is 3. The molecule has 1 aromatic heterocycles. The standard InChI is InChI=1S/C14H9FN2OS/c15-11-7-3-1-5-9(11)14(18)16-13-10-6-2-4-8-12(10)19-17-13/h1-8H,(H,16,17,18). The van der Waals surface area contributed by atoms with Gasteiger partial charge in [-0.3, -0.25) is 4.79 Å². The Morgan fingerprint density at radius 1 is 1.11 bits per heavy atom. The molecule has 5 heteroatoms. The lowest BCUT2D eigenvalue weighted by Crippen LogP contribution is -2.13. The fraction of sp³-hybridized carbons (Fsp3) is 0. The Balaban J connectivity index is 1.94. The van der Waals surface area contributed by atoms with E-state index in [1.165, 1.54) is 23.7 Å². The fourth-order valence-corrected chi connectivity index (χ4v) is 2.53. The van der Waals surface area contributed by atoms with Crippen molar-refractivity contribution >= 4 is 33.3 Å². The molecule has 0 aliphatic rings. The van der Waals surface area contributed by atoms with Crippen molar-refractivity contribution in [1.82, 2.24) is 4.37 Å². The number of fused-ring (bicyclic) bond motifs is 1. The molecule has 0 unspecified atom stereocenters. The highest BCUT2D eigenvalue weighted by Crippen LogP contribution is 2.26. The Morgan fingerprint density at radius 3 is 2.68 bits per heavy atom. The third kappa shape index (κ3) is 2.20. The maximum absolute atomic E-state index is 13.5. The zero-order chi connectivity index (χ0) is 13.2. The number of carbonyl (C=O) groups excluding carboxylic acids is 1. The maximum Gasteiger partial charge on any atom is 0.259 e. The molecule has 0 saturated carbocycles. The lowest BCUT2D eigenvalue weighted by atomic mass is 10.2. The van der Waals surface area contributed by atoms with Crippen LogP contribution in [0.3, 0.4) is 0 Å². The van der Waals surface area contributed by atoms with Gasteiger partial charge in [0.15, 0.2) is 5.82 Å². The molecule has 1 N–H and O–H groups in total. The summed E-state index contributed by atoms with van der Waals surface area (Å²) >= 11 is 1.30. The summed E-state index contributed by atoms with van der Waals surface area (Å²) in [5.74, 6) is -0.567. The van der Waals surface area contributed by atoms with Crippen LogP contribution in [0.15, 0.2) is 48.5 Å². The van der Waals surface area contributed by atoms with E-state index in [2.05, 4.69) is 9.69 Å². The van der Waals surface area contributed by atoms with Gasteiger partial charge in [-0.2, -0.15) is 4.37 Å². The van der Waals surface area contributed by atoms with Crippen molar-refractivity contribution in [2.45, 2.75) is 0 Å². The molecule has 19 heavy (non-hydrogen) atoms. The number of benzene rings is 2. The Morgan fingerprint density at radius 2 is 1.84 bits per heavy atom. The highest BCUT2D eigenvalue weighted by molar-refractivity contribution is 7.13. The molecule has 3 rings (SSSR count). The quantitative estimate of drug-likeness (QED) is 0.773. The van der Waals surface area contributed by atoms with Gasteiger partial charge in [0.05, 0.1) is 10.3 Å². The molecule has 94 valence electrons. The topological polar surface area (TPSA) is 42.0 Å². The summed E-state index contributed by atoms with van der Waals surface area (Å²) in [7, 11) is 0. The normalized spacial score (nSPS) is 10.6. The fourth-order valence-electron chi connectivity index (χ4n) is 1.80. The average Bonchev–Trinajstić information content (AvgIpc) is 2.83. The molecule has 0 saturated heterocycles. The summed E-state index contributed by atoms with van der Waals surface area (Å²) in [6, 6.07) is 13.4. The lowest BCUT2D eigenvalue weighted by Gasteiger charge is -2.03. The lowest BCUT2D eigenvalue weighted by molar-refractivity contribution is 0.102. The molecule has 0 radical (unpaired) electrons. The second kappa shape index (κ2) is 4.78. The molecule has 1 heterocycles. The Hall–Kier alpha value is -2.27. The number of anilines is 1. The molecule has 0 fully saturated rings. The molecule has 3 nitrogen and oxygen atoms in total. The Bertz CT molecular complexity index is 754. The number of amides is 1. The second-order valence-corrected chi connectivity index (χ2v) is 4.77. The van der Waals surface area contributed by atoms with E-state index in [9.17, 15) is 9.18 Å². The van der Waals surface area contributed by atoms with Crippen molar-refractivity contribution in [1.29, 1.82) is 0 Å². The highest BCUT2D eigenvalue weighted by atomic mass is 32.1. The molecular formula is C14H9FN2OS. The number of aromatic nitrogens is 1. The summed E-state index contributed by atoms with van der Waals surface area (Å²) in [5.41, 5.74) is 0.0135. The van der Waals surface area contributed by atoms with Crippen LogP contribution < -0.4 is 5.32 Å². The zero-order valence-corrected chi connectivity index (χ0v) is 10.6. The second-order valence-electron chi connectivity index (χ2n) is 3.96. The van der Waals surface area contributed by atoms with Gasteiger partial charge in [-0.25, -0.2) is 4.39 Å². The van der Waals surface area contributed by atoms with Gasteiger partial charge in [-0.05, 0) is 35.8 Å². The van der Waals surface area contributed by atoms with Gasteiger partial charge in [0.25, 0.3) is 5.91 Å². The monoisotopic (exact) mass is 272 g/mol. The third-order valence-corrected chi connectivity index (χ3v) is 3.55.